The maximum absolute atomic E-state index is 5.93. The molecular weight excluding hydrogens is 224 g/mol. The lowest BCUT2D eigenvalue weighted by Gasteiger charge is -2.29. The fourth-order valence-electron chi connectivity index (χ4n) is 2.87. The molecule has 0 radical (unpaired) electrons. The van der Waals surface area contributed by atoms with Crippen LogP contribution in [0.2, 0.25) is 0 Å². The summed E-state index contributed by atoms with van der Waals surface area (Å²) >= 11 is 0. The van der Waals surface area contributed by atoms with Crippen LogP contribution in [0.15, 0.2) is 24.5 Å². The minimum atomic E-state index is 0.305. The number of pyridine rings is 1. The molecule has 0 bridgehead atoms. The van der Waals surface area contributed by atoms with Gasteiger partial charge in [0.1, 0.15) is 0 Å². The molecule has 0 saturated carbocycles. The number of nitrogens with two attached hydrogens (primary N) is 1. The first-order chi connectivity index (χ1) is 8.70. The molecule has 1 fully saturated rings. The van der Waals surface area contributed by atoms with Crippen LogP contribution in [0.5, 0.6) is 0 Å². The lowest BCUT2D eigenvalue weighted by Crippen LogP contribution is -2.35. The highest BCUT2D eigenvalue weighted by Gasteiger charge is 2.24. The fourth-order valence-corrected chi connectivity index (χ4v) is 2.87. The zero-order valence-electron chi connectivity index (χ0n) is 11.4. The van der Waals surface area contributed by atoms with Gasteiger partial charge in [-0.05, 0) is 50.7 Å². The molecule has 1 aliphatic heterocycles. The number of aromatic nitrogens is 1. The zero-order valence-corrected chi connectivity index (χ0v) is 11.4. The molecule has 0 aliphatic carbocycles. The predicted octanol–water partition coefficient (Wildman–Crippen LogP) is 0.965. The monoisotopic (exact) mass is 248 g/mol. The lowest BCUT2D eigenvalue weighted by atomic mass is 10.0. The minimum Gasteiger partial charge on any atom is -0.329 e. The first kappa shape index (κ1) is 13.5. The summed E-state index contributed by atoms with van der Waals surface area (Å²) in [4.78, 5) is 8.86. The summed E-state index contributed by atoms with van der Waals surface area (Å²) in [6.07, 6.45) is 4.98. The summed E-state index contributed by atoms with van der Waals surface area (Å²) in [5.74, 6) is 0.774. The van der Waals surface area contributed by atoms with Gasteiger partial charge in [0.2, 0.25) is 0 Å². The van der Waals surface area contributed by atoms with Gasteiger partial charge in [0.15, 0.2) is 0 Å². The average molecular weight is 248 g/mol. The van der Waals surface area contributed by atoms with Gasteiger partial charge < -0.3 is 10.6 Å². The van der Waals surface area contributed by atoms with Crippen LogP contribution in [0.25, 0.3) is 0 Å². The molecule has 1 aromatic rings. The molecule has 18 heavy (non-hydrogen) atoms. The van der Waals surface area contributed by atoms with Crippen LogP contribution in [-0.2, 0) is 0 Å². The van der Waals surface area contributed by atoms with Crippen molar-refractivity contribution < 1.29 is 0 Å². The van der Waals surface area contributed by atoms with E-state index in [1.807, 2.05) is 12.4 Å². The summed E-state index contributed by atoms with van der Waals surface area (Å²) in [6.45, 7) is 4.20. The van der Waals surface area contributed by atoms with Gasteiger partial charge in [-0.1, -0.05) is 0 Å². The van der Waals surface area contributed by atoms with E-state index in [0.717, 1.165) is 12.5 Å². The SMILES string of the molecule is CN1CCC(CN(C)C(CN)c2ccncc2)C1. The van der Waals surface area contributed by atoms with Gasteiger partial charge in [0.25, 0.3) is 0 Å². The number of likely N-dealkylation sites (N-methyl/N-ethyl adjacent to an activating group) is 1. The Hall–Kier alpha value is -0.970. The van der Waals surface area contributed by atoms with E-state index in [1.54, 1.807) is 0 Å². The van der Waals surface area contributed by atoms with Gasteiger partial charge in [-0.2, -0.15) is 0 Å². The first-order valence-electron chi connectivity index (χ1n) is 6.69. The molecule has 1 saturated heterocycles. The molecule has 0 aromatic carbocycles. The number of rotatable bonds is 5. The number of nitrogens with zero attached hydrogens (tertiary/aromatic N) is 3. The minimum absolute atomic E-state index is 0.305. The Morgan fingerprint density at radius 3 is 2.78 bits per heavy atom. The summed E-state index contributed by atoms with van der Waals surface area (Å²) < 4.78 is 0. The molecule has 2 N–H and O–H groups in total. The molecular formula is C14H24N4. The lowest BCUT2D eigenvalue weighted by molar-refractivity contribution is 0.211. The highest BCUT2D eigenvalue weighted by atomic mass is 15.2. The third kappa shape index (κ3) is 3.28. The van der Waals surface area contributed by atoms with Gasteiger partial charge in [0.05, 0.1) is 0 Å². The Bertz CT molecular complexity index is 354. The highest BCUT2D eigenvalue weighted by molar-refractivity contribution is 5.15. The molecule has 2 heterocycles. The Kier molecular flexibility index (Phi) is 4.69. The second-order valence-electron chi connectivity index (χ2n) is 5.39. The van der Waals surface area contributed by atoms with E-state index in [1.165, 1.54) is 25.1 Å². The zero-order chi connectivity index (χ0) is 13.0. The molecule has 4 heteroatoms. The molecule has 2 rings (SSSR count). The van der Waals surface area contributed by atoms with Crippen molar-refractivity contribution >= 4 is 0 Å². The van der Waals surface area contributed by atoms with Crippen LogP contribution in [0.3, 0.4) is 0 Å². The summed E-state index contributed by atoms with van der Waals surface area (Å²) in [5.41, 5.74) is 7.20. The highest BCUT2D eigenvalue weighted by Crippen LogP contribution is 2.22. The third-order valence-corrected chi connectivity index (χ3v) is 3.88. The summed E-state index contributed by atoms with van der Waals surface area (Å²) in [6, 6.07) is 4.43. The molecule has 1 aromatic heterocycles. The number of hydrogen-bond donors (Lipinski definition) is 1. The van der Waals surface area contributed by atoms with Crippen molar-refractivity contribution in [2.75, 3.05) is 40.3 Å². The average Bonchev–Trinajstić information content (AvgIpc) is 2.77. The Balaban J connectivity index is 1.95. The third-order valence-electron chi connectivity index (χ3n) is 3.88. The quantitative estimate of drug-likeness (QED) is 0.843. The van der Waals surface area contributed by atoms with E-state index in [9.17, 15) is 0 Å². The molecule has 0 amide bonds. The topological polar surface area (TPSA) is 45.4 Å². The Morgan fingerprint density at radius 1 is 1.50 bits per heavy atom. The van der Waals surface area contributed by atoms with Crippen molar-refractivity contribution in [2.45, 2.75) is 12.5 Å². The van der Waals surface area contributed by atoms with Crippen molar-refractivity contribution in [3.8, 4) is 0 Å². The van der Waals surface area contributed by atoms with Crippen LogP contribution < -0.4 is 5.73 Å². The number of likely N-dealkylation sites (tertiary alicyclic amines) is 1. The molecule has 100 valence electrons. The van der Waals surface area contributed by atoms with E-state index in [2.05, 4.69) is 41.0 Å². The summed E-state index contributed by atoms with van der Waals surface area (Å²) in [7, 11) is 4.37. The molecule has 4 nitrogen and oxygen atoms in total. The smallest absolute Gasteiger partial charge is 0.0468 e. The second kappa shape index (κ2) is 6.27. The largest absolute Gasteiger partial charge is 0.329 e. The maximum atomic E-state index is 5.93. The molecule has 2 atom stereocenters. The van der Waals surface area contributed by atoms with Crippen LogP contribution >= 0.6 is 0 Å². The summed E-state index contributed by atoms with van der Waals surface area (Å²) in [5, 5.41) is 0. The van der Waals surface area contributed by atoms with Crippen molar-refractivity contribution in [1.82, 2.24) is 14.8 Å². The Morgan fingerprint density at radius 2 is 2.22 bits per heavy atom. The molecule has 0 spiro atoms. The Labute approximate surface area is 110 Å². The van der Waals surface area contributed by atoms with E-state index < -0.39 is 0 Å². The van der Waals surface area contributed by atoms with E-state index in [-0.39, 0.29) is 0 Å². The van der Waals surface area contributed by atoms with Gasteiger partial charge in [-0.25, -0.2) is 0 Å². The first-order valence-corrected chi connectivity index (χ1v) is 6.69. The molecule has 1 aliphatic rings. The molecule has 2 unspecified atom stereocenters. The van der Waals surface area contributed by atoms with E-state index >= 15 is 0 Å². The second-order valence-corrected chi connectivity index (χ2v) is 5.39. The van der Waals surface area contributed by atoms with Crippen molar-refractivity contribution in [1.29, 1.82) is 0 Å². The maximum Gasteiger partial charge on any atom is 0.0468 e. The van der Waals surface area contributed by atoms with Gasteiger partial charge in [0, 0.05) is 38.1 Å². The van der Waals surface area contributed by atoms with E-state index in [0.29, 0.717) is 12.6 Å². The standard InChI is InChI=1S/C14H24N4/c1-17-8-5-12(10-17)11-18(2)14(9-15)13-3-6-16-7-4-13/h3-4,6-7,12,14H,5,8-11,15H2,1-2H3. The van der Waals surface area contributed by atoms with Crippen molar-refractivity contribution in [2.24, 2.45) is 11.7 Å². The number of hydrogen-bond acceptors (Lipinski definition) is 4. The van der Waals surface area contributed by atoms with Gasteiger partial charge in [-0.3, -0.25) is 9.88 Å². The van der Waals surface area contributed by atoms with Crippen molar-refractivity contribution in [3.63, 3.8) is 0 Å². The fraction of sp³-hybridized carbons (Fsp3) is 0.643. The van der Waals surface area contributed by atoms with E-state index in [4.69, 9.17) is 5.73 Å². The van der Waals surface area contributed by atoms with Crippen LogP contribution in [0, 0.1) is 5.92 Å². The van der Waals surface area contributed by atoms with Gasteiger partial charge >= 0.3 is 0 Å². The van der Waals surface area contributed by atoms with Crippen LogP contribution in [-0.4, -0.2) is 55.1 Å². The van der Waals surface area contributed by atoms with Gasteiger partial charge in [-0.15, -0.1) is 0 Å². The van der Waals surface area contributed by atoms with Crippen LogP contribution in [0.1, 0.15) is 18.0 Å². The normalized spacial score (nSPS) is 22.6. The van der Waals surface area contributed by atoms with Crippen LogP contribution in [0.4, 0.5) is 0 Å². The predicted molar refractivity (Wildman–Crippen MR) is 74.3 cm³/mol. The van der Waals surface area contributed by atoms with Crippen molar-refractivity contribution in [3.05, 3.63) is 30.1 Å².